The molecule has 1 aliphatic rings. The van der Waals surface area contributed by atoms with E-state index in [1.54, 1.807) is 6.07 Å². The van der Waals surface area contributed by atoms with Gasteiger partial charge in [-0.05, 0) is 30.7 Å². The summed E-state index contributed by atoms with van der Waals surface area (Å²) >= 11 is 0. The van der Waals surface area contributed by atoms with Gasteiger partial charge < -0.3 is 34.6 Å². The highest BCUT2D eigenvalue weighted by atomic mass is 16.7. The van der Waals surface area contributed by atoms with Gasteiger partial charge in [-0.25, -0.2) is 4.79 Å². The third kappa shape index (κ3) is 4.04. The number of carbonyl (C=O) groups is 1. The third-order valence-electron chi connectivity index (χ3n) is 3.66. The van der Waals surface area contributed by atoms with Crippen molar-refractivity contribution in [1.82, 2.24) is 0 Å². The second-order valence-electron chi connectivity index (χ2n) is 5.38. The summed E-state index contributed by atoms with van der Waals surface area (Å²) in [5.41, 5.74) is 0.579. The zero-order valence-electron chi connectivity index (χ0n) is 13.2. The standard InChI is InChI=1S/C16H20O8/c1-8-13(19)14(20)15(21)16(23-8)24-12(18)6-4-9-3-5-10(17)11(7-9)22-2/h3-8,13-17,19-21H,1-2H3/b6-4+/t8-,13-,14+,15+,16-/m0/s1. The molecule has 24 heavy (non-hydrogen) atoms. The number of hydrogen-bond donors (Lipinski definition) is 4. The molecule has 1 aliphatic heterocycles. The third-order valence-corrected chi connectivity index (χ3v) is 3.66. The molecule has 0 amide bonds. The van der Waals surface area contributed by atoms with E-state index in [4.69, 9.17) is 14.2 Å². The van der Waals surface area contributed by atoms with Crippen LogP contribution in [0.1, 0.15) is 12.5 Å². The largest absolute Gasteiger partial charge is 0.504 e. The Kier molecular flexibility index (Phi) is 5.79. The van der Waals surface area contributed by atoms with Crippen LogP contribution >= 0.6 is 0 Å². The number of hydrogen-bond acceptors (Lipinski definition) is 8. The van der Waals surface area contributed by atoms with Crippen molar-refractivity contribution in [2.75, 3.05) is 7.11 Å². The number of aliphatic hydroxyl groups is 3. The molecule has 0 spiro atoms. The van der Waals surface area contributed by atoms with Crippen molar-refractivity contribution in [3.8, 4) is 11.5 Å². The van der Waals surface area contributed by atoms with E-state index in [0.717, 1.165) is 6.08 Å². The van der Waals surface area contributed by atoms with Gasteiger partial charge in [-0.3, -0.25) is 0 Å². The van der Waals surface area contributed by atoms with E-state index in [0.29, 0.717) is 5.56 Å². The summed E-state index contributed by atoms with van der Waals surface area (Å²) in [7, 11) is 1.40. The molecule has 1 heterocycles. The van der Waals surface area contributed by atoms with Gasteiger partial charge in [-0.1, -0.05) is 6.07 Å². The minimum atomic E-state index is -1.55. The monoisotopic (exact) mass is 340 g/mol. The van der Waals surface area contributed by atoms with Crippen LogP contribution in [0.5, 0.6) is 11.5 Å². The molecule has 0 radical (unpaired) electrons. The van der Waals surface area contributed by atoms with Gasteiger partial charge in [0.2, 0.25) is 6.29 Å². The highest BCUT2D eigenvalue weighted by molar-refractivity contribution is 5.87. The Morgan fingerprint density at radius 1 is 1.21 bits per heavy atom. The SMILES string of the molecule is COc1cc(/C=C/C(=O)O[C@@H]2O[C@@H](C)[C@H](O)[C@@H](O)[C@H]2O)ccc1O. The van der Waals surface area contributed by atoms with E-state index in [1.807, 2.05) is 0 Å². The van der Waals surface area contributed by atoms with Crippen LogP contribution < -0.4 is 4.74 Å². The highest BCUT2D eigenvalue weighted by Gasteiger charge is 2.43. The van der Waals surface area contributed by atoms with Crippen molar-refractivity contribution in [3.05, 3.63) is 29.8 Å². The van der Waals surface area contributed by atoms with E-state index < -0.39 is 36.7 Å². The number of esters is 1. The molecule has 1 fully saturated rings. The van der Waals surface area contributed by atoms with Gasteiger partial charge >= 0.3 is 5.97 Å². The number of aromatic hydroxyl groups is 1. The van der Waals surface area contributed by atoms with Crippen molar-refractivity contribution >= 4 is 12.0 Å². The summed E-state index contributed by atoms with van der Waals surface area (Å²) in [5.74, 6) is -0.582. The van der Waals surface area contributed by atoms with E-state index in [2.05, 4.69) is 0 Å². The van der Waals surface area contributed by atoms with Crippen LogP contribution in [-0.2, 0) is 14.3 Å². The Labute approximate surface area is 138 Å². The smallest absolute Gasteiger partial charge is 0.333 e. The molecule has 5 atom stereocenters. The van der Waals surface area contributed by atoms with Crippen molar-refractivity contribution in [2.45, 2.75) is 37.6 Å². The summed E-state index contributed by atoms with van der Waals surface area (Å²) in [6, 6.07) is 4.50. The Bertz CT molecular complexity index is 614. The topological polar surface area (TPSA) is 126 Å². The molecule has 4 N–H and O–H groups in total. The maximum Gasteiger partial charge on any atom is 0.333 e. The van der Waals surface area contributed by atoms with Crippen LogP contribution in [0.25, 0.3) is 6.08 Å². The minimum Gasteiger partial charge on any atom is -0.504 e. The average molecular weight is 340 g/mol. The van der Waals surface area contributed by atoms with Gasteiger partial charge in [-0.2, -0.15) is 0 Å². The fraction of sp³-hybridized carbons (Fsp3) is 0.438. The predicted octanol–water partition coefficient (Wildman–Crippen LogP) is -0.215. The fourth-order valence-electron chi connectivity index (χ4n) is 2.23. The van der Waals surface area contributed by atoms with Crippen molar-refractivity contribution in [3.63, 3.8) is 0 Å². The predicted molar refractivity (Wildman–Crippen MR) is 82.1 cm³/mol. The van der Waals surface area contributed by atoms with Gasteiger partial charge in [-0.15, -0.1) is 0 Å². The summed E-state index contributed by atoms with van der Waals surface area (Å²) in [5, 5.41) is 38.5. The van der Waals surface area contributed by atoms with Crippen LogP contribution in [0.3, 0.4) is 0 Å². The maximum absolute atomic E-state index is 11.8. The quantitative estimate of drug-likeness (QED) is 0.438. The number of rotatable bonds is 4. The Balaban J connectivity index is 2.00. The number of phenols is 1. The molecule has 0 unspecified atom stereocenters. The number of aliphatic hydroxyl groups excluding tert-OH is 3. The lowest BCUT2D eigenvalue weighted by Gasteiger charge is -2.38. The van der Waals surface area contributed by atoms with Crippen LogP contribution in [-0.4, -0.2) is 64.2 Å². The van der Waals surface area contributed by atoms with Gasteiger partial charge in [0.25, 0.3) is 0 Å². The van der Waals surface area contributed by atoms with Crippen LogP contribution in [0.15, 0.2) is 24.3 Å². The lowest BCUT2D eigenvalue weighted by atomic mass is 10.0. The Morgan fingerprint density at radius 3 is 2.58 bits per heavy atom. The van der Waals surface area contributed by atoms with Gasteiger partial charge in [0.05, 0.1) is 13.2 Å². The normalized spacial score (nSPS) is 30.3. The average Bonchev–Trinajstić information content (AvgIpc) is 2.57. The first-order valence-electron chi connectivity index (χ1n) is 7.29. The second-order valence-corrected chi connectivity index (χ2v) is 5.38. The molecule has 1 saturated heterocycles. The van der Waals surface area contributed by atoms with Crippen LogP contribution in [0, 0.1) is 0 Å². The van der Waals surface area contributed by atoms with Crippen LogP contribution in [0.4, 0.5) is 0 Å². The summed E-state index contributed by atoms with van der Waals surface area (Å²) < 4.78 is 15.1. The van der Waals surface area contributed by atoms with Crippen LogP contribution in [0.2, 0.25) is 0 Å². The summed E-state index contributed by atoms with van der Waals surface area (Å²) in [6.45, 7) is 1.49. The molecule has 1 aromatic carbocycles. The number of methoxy groups -OCH3 is 1. The first-order valence-corrected chi connectivity index (χ1v) is 7.29. The maximum atomic E-state index is 11.8. The Morgan fingerprint density at radius 2 is 1.92 bits per heavy atom. The summed E-state index contributed by atoms with van der Waals surface area (Å²) in [6.07, 6.45) is -3.95. The minimum absolute atomic E-state index is 0.0301. The molecule has 0 bridgehead atoms. The summed E-state index contributed by atoms with van der Waals surface area (Å²) in [4.78, 5) is 11.8. The number of phenolic OH excluding ortho intramolecular Hbond substituents is 1. The Hall–Kier alpha value is -2.13. The molecule has 2 rings (SSSR count). The number of carbonyl (C=O) groups excluding carboxylic acids is 1. The van der Waals surface area contributed by atoms with Gasteiger partial charge in [0.1, 0.15) is 18.3 Å². The van der Waals surface area contributed by atoms with Gasteiger partial charge in [0.15, 0.2) is 11.5 Å². The van der Waals surface area contributed by atoms with Crippen molar-refractivity contribution in [1.29, 1.82) is 0 Å². The molecular weight excluding hydrogens is 320 g/mol. The molecule has 8 heteroatoms. The highest BCUT2D eigenvalue weighted by Crippen LogP contribution is 2.27. The molecular formula is C16H20O8. The van der Waals surface area contributed by atoms with E-state index in [-0.39, 0.29) is 11.5 Å². The molecule has 0 aliphatic carbocycles. The van der Waals surface area contributed by atoms with E-state index in [1.165, 1.54) is 32.2 Å². The molecule has 1 aromatic rings. The van der Waals surface area contributed by atoms with Crippen molar-refractivity contribution < 1.29 is 39.4 Å². The van der Waals surface area contributed by atoms with E-state index in [9.17, 15) is 25.2 Å². The van der Waals surface area contributed by atoms with E-state index >= 15 is 0 Å². The first kappa shape index (κ1) is 18.2. The molecule has 132 valence electrons. The number of benzene rings is 1. The lowest BCUT2D eigenvalue weighted by molar-refractivity contribution is -0.283. The zero-order valence-corrected chi connectivity index (χ0v) is 13.2. The van der Waals surface area contributed by atoms with Gasteiger partial charge in [0, 0.05) is 6.08 Å². The second kappa shape index (κ2) is 7.63. The zero-order chi connectivity index (χ0) is 17.9. The number of ether oxygens (including phenoxy) is 3. The fourth-order valence-corrected chi connectivity index (χ4v) is 2.23. The molecule has 8 nitrogen and oxygen atoms in total. The van der Waals surface area contributed by atoms with Crippen molar-refractivity contribution in [2.24, 2.45) is 0 Å². The molecule has 0 saturated carbocycles. The first-order chi connectivity index (χ1) is 11.3. The lowest BCUT2D eigenvalue weighted by Crippen LogP contribution is -2.57. The molecule has 0 aromatic heterocycles.